The number of hydrogen-bond donors (Lipinski definition) is 8. The first-order valence-corrected chi connectivity index (χ1v) is 47.4. The summed E-state index contributed by atoms with van der Waals surface area (Å²) in [7, 11) is 8.70. The number of halogens is 2. The number of carbonyl (C=O) groups excluding carboxylic acids is 4. The van der Waals surface area contributed by atoms with Gasteiger partial charge < -0.3 is 79.8 Å². The summed E-state index contributed by atoms with van der Waals surface area (Å²) in [5, 5.41) is 81.2. The standard InChI is InChI=1S/C25H28FN5O5.C24H32FN5O5.C24H36N6O4.C23H31N5O5/c1-16-21(36-18-9-6-12-25(26,13-18)23(32)33)11-10-19(28-16)22-20(31(2)30-29-22)14-27-24(34)35-15-17-7-4-3-5-8-17;1-4-24(8-9-24)13-34-23(33)26-12-18-21(28-29-30(18)3)20-17(25)11-19(14(2)27-20)35-16-7-5-6-15(10-16)22(31)32;1-5-7-13-29(3)24(33)25-15-20-22(27-28-30(20)4)19-11-12-21(18(6-2)26-19)34-17-10-8-9-16(14-17)23(31)32;1-14-20(33-17-5-3-4-16(12-17)22(29)30)9-8-18(25-14)21-19(28(2)27-26-21)13-24-23(31)32-11-10-15-6-7-15/h3-5,7-8,10-11,18H,6,9,12-15H2,1-2H3,(H,27,34)(H,32,33);11,15-16H,4-10,12-13H2,1-3H3,(H,26,33)(H,31,32);11-12,16-17H,5-10,13-15H2,1-4H3,(H,25,33)(H,31,32);8-9,15-17H,3-7,10-13H2,1-2H3,(H,24,31)(H,29,30)/t18?,25-;15-,16-;2*16-,17-/m1000/s1. The number of amides is 5. The van der Waals surface area contributed by atoms with Gasteiger partial charge in [0, 0.05) is 59.7 Å². The van der Waals surface area contributed by atoms with Gasteiger partial charge in [0.25, 0.3) is 0 Å². The molecule has 138 heavy (non-hydrogen) atoms. The summed E-state index contributed by atoms with van der Waals surface area (Å²) in [6, 6.07) is 21.2. The van der Waals surface area contributed by atoms with Crippen molar-refractivity contribution >= 4 is 48.2 Å². The van der Waals surface area contributed by atoms with Crippen molar-refractivity contribution < 1.29 is 101 Å². The summed E-state index contributed by atoms with van der Waals surface area (Å²) < 4.78 is 76.0. The minimum absolute atomic E-state index is 0.00286. The highest BCUT2D eigenvalue weighted by Crippen LogP contribution is 2.49. The number of nitrogens with one attached hydrogen (secondary N) is 4. The number of pyridine rings is 4. The second-order valence-corrected chi connectivity index (χ2v) is 36.3. The molecule has 5 amide bonds. The number of aromatic nitrogens is 16. The molecule has 8 N–H and O–H groups in total. The van der Waals surface area contributed by atoms with Gasteiger partial charge in [0.15, 0.2) is 5.82 Å². The quantitative estimate of drug-likeness (QED) is 0.0169. The molecule has 1 unspecified atom stereocenters. The average molecular weight is 1920 g/mol. The summed E-state index contributed by atoms with van der Waals surface area (Å²) in [5.74, 6) is -2.84. The summed E-state index contributed by atoms with van der Waals surface area (Å²) in [6.07, 6.45) is 15.5. The molecule has 42 heteroatoms. The molecule has 8 aromatic heterocycles. The zero-order valence-electron chi connectivity index (χ0n) is 80.2. The fourth-order valence-corrected chi connectivity index (χ4v) is 17.0. The summed E-state index contributed by atoms with van der Waals surface area (Å²) >= 11 is 0. The summed E-state index contributed by atoms with van der Waals surface area (Å²) in [6.45, 7) is 13.8. The molecular formula is C96H127F2N21O19. The number of nitrogens with zero attached hydrogens (tertiary/aromatic N) is 17. The molecule has 0 saturated heterocycles. The second-order valence-electron chi connectivity index (χ2n) is 36.3. The first-order chi connectivity index (χ1) is 66.2. The van der Waals surface area contributed by atoms with Gasteiger partial charge >= 0.3 is 48.2 Å². The normalized spacial score (nSPS) is 19.6. The van der Waals surface area contributed by atoms with Crippen LogP contribution in [-0.2, 0) is 101 Å². The van der Waals surface area contributed by atoms with Gasteiger partial charge in [0.1, 0.15) is 64.2 Å². The molecule has 15 rings (SSSR count). The van der Waals surface area contributed by atoms with E-state index in [1.54, 1.807) is 86.2 Å². The number of benzene rings is 1. The lowest BCUT2D eigenvalue weighted by Crippen LogP contribution is -2.42. The van der Waals surface area contributed by atoms with E-state index >= 15 is 4.39 Å². The zero-order valence-corrected chi connectivity index (χ0v) is 80.2. The molecule has 6 fully saturated rings. The first kappa shape index (κ1) is 103. The molecule has 6 aliphatic rings. The number of urea groups is 1. The molecule has 0 aliphatic heterocycles. The third-order valence-corrected chi connectivity index (χ3v) is 26.0. The van der Waals surface area contributed by atoms with Gasteiger partial charge in [-0.25, -0.2) is 71.4 Å². The number of unbranched alkanes of at least 4 members (excludes halogenated alkanes) is 1. The van der Waals surface area contributed by atoms with Gasteiger partial charge in [0.2, 0.25) is 5.67 Å². The van der Waals surface area contributed by atoms with E-state index in [1.807, 2.05) is 62.4 Å². The Labute approximate surface area is 798 Å². The molecule has 0 spiro atoms. The van der Waals surface area contributed by atoms with E-state index < -0.39 is 65.7 Å². The molecule has 8 heterocycles. The fourth-order valence-electron chi connectivity index (χ4n) is 17.0. The molecule has 8 atom stereocenters. The van der Waals surface area contributed by atoms with Crippen LogP contribution in [0.1, 0.15) is 226 Å². The number of ether oxygens (including phenoxy) is 7. The maximum absolute atomic E-state index is 15.1. The Hall–Kier alpha value is -13.6. The van der Waals surface area contributed by atoms with Crippen LogP contribution in [0.2, 0.25) is 0 Å². The number of carboxylic acid groups (broad SMARTS) is 4. The Morgan fingerprint density at radius 3 is 1.38 bits per heavy atom. The Morgan fingerprint density at radius 1 is 0.486 bits per heavy atom. The van der Waals surface area contributed by atoms with E-state index in [9.17, 15) is 63.2 Å². The third kappa shape index (κ3) is 28.5. The largest absolute Gasteiger partial charge is 0.489 e. The van der Waals surface area contributed by atoms with Gasteiger partial charge in [-0.3, -0.25) is 14.4 Å². The topological polar surface area (TPSA) is 508 Å². The lowest BCUT2D eigenvalue weighted by Gasteiger charge is -2.32. The van der Waals surface area contributed by atoms with Crippen LogP contribution in [0.4, 0.5) is 28.0 Å². The Kier molecular flexibility index (Phi) is 36.3. The molecule has 40 nitrogen and oxygen atoms in total. The molecule has 6 saturated carbocycles. The van der Waals surface area contributed by atoms with Gasteiger partial charge in [-0.15, -0.1) is 20.4 Å². The third-order valence-electron chi connectivity index (χ3n) is 26.0. The average Bonchev–Trinajstić information content (AvgIpc) is 1.65. The van der Waals surface area contributed by atoms with Crippen LogP contribution in [0.3, 0.4) is 0 Å². The van der Waals surface area contributed by atoms with E-state index in [0.717, 1.165) is 87.6 Å². The van der Waals surface area contributed by atoms with Gasteiger partial charge in [-0.05, 0) is 203 Å². The number of aryl methyl sites for hydroxylation is 8. The monoisotopic (exact) mass is 1920 g/mol. The lowest BCUT2D eigenvalue weighted by molar-refractivity contribution is -0.155. The van der Waals surface area contributed by atoms with Crippen molar-refractivity contribution in [3.05, 3.63) is 130 Å². The van der Waals surface area contributed by atoms with Crippen molar-refractivity contribution in [1.29, 1.82) is 0 Å². The predicted octanol–water partition coefficient (Wildman–Crippen LogP) is 14.1. The van der Waals surface area contributed by atoms with Crippen LogP contribution in [0.15, 0.2) is 72.8 Å². The zero-order chi connectivity index (χ0) is 98.9. The van der Waals surface area contributed by atoms with Crippen molar-refractivity contribution in [2.75, 3.05) is 26.8 Å². The number of alkyl halides is 1. The van der Waals surface area contributed by atoms with Crippen molar-refractivity contribution in [2.45, 2.75) is 265 Å². The van der Waals surface area contributed by atoms with Crippen molar-refractivity contribution in [3.63, 3.8) is 0 Å². The number of rotatable bonds is 36. The van der Waals surface area contributed by atoms with Gasteiger partial charge in [-0.2, -0.15) is 0 Å². The number of hydrogen-bond acceptors (Lipinski definition) is 27. The highest BCUT2D eigenvalue weighted by molar-refractivity contribution is 5.78. The smallest absolute Gasteiger partial charge is 0.407 e. The Balaban J connectivity index is 0.000000165. The number of aliphatic carboxylic acids is 4. The second kappa shape index (κ2) is 48.4. The highest BCUT2D eigenvalue weighted by Gasteiger charge is 2.45. The maximum Gasteiger partial charge on any atom is 0.407 e. The Morgan fingerprint density at radius 2 is 0.920 bits per heavy atom. The lowest BCUT2D eigenvalue weighted by atomic mass is 9.84. The molecule has 6 aliphatic carbocycles. The van der Waals surface area contributed by atoms with Crippen LogP contribution in [0.25, 0.3) is 45.6 Å². The van der Waals surface area contributed by atoms with Crippen LogP contribution in [-0.4, -0.2) is 210 Å². The van der Waals surface area contributed by atoms with E-state index in [0.29, 0.717) is 175 Å². The summed E-state index contributed by atoms with van der Waals surface area (Å²) in [5.41, 5.74) is 7.50. The predicted molar refractivity (Wildman–Crippen MR) is 496 cm³/mol. The maximum atomic E-state index is 15.1. The number of carboxylic acids is 4. The highest BCUT2D eigenvalue weighted by atomic mass is 19.1. The molecule has 1 aromatic carbocycles. The van der Waals surface area contributed by atoms with Gasteiger partial charge in [0.05, 0.1) is 138 Å². The first-order valence-electron chi connectivity index (χ1n) is 47.4. The Bertz CT molecular complexity index is 5690. The van der Waals surface area contributed by atoms with E-state index in [2.05, 4.69) is 91.3 Å². The number of alkyl carbamates (subject to hydrolysis) is 3. The van der Waals surface area contributed by atoms with Crippen LogP contribution >= 0.6 is 0 Å². The van der Waals surface area contributed by atoms with Crippen LogP contribution in [0.5, 0.6) is 23.0 Å². The van der Waals surface area contributed by atoms with Crippen molar-refractivity contribution in [3.8, 4) is 68.5 Å². The molecular weight excluding hydrogens is 1790 g/mol. The molecule has 0 radical (unpaired) electrons. The summed E-state index contributed by atoms with van der Waals surface area (Å²) in [4.78, 5) is 114. The molecule has 744 valence electrons. The minimum Gasteiger partial charge on any atom is -0.489 e. The van der Waals surface area contributed by atoms with Crippen molar-refractivity contribution in [1.82, 2.24) is 106 Å². The van der Waals surface area contributed by atoms with E-state index in [4.69, 9.17) is 38.1 Å². The van der Waals surface area contributed by atoms with Crippen LogP contribution < -0.4 is 40.2 Å². The minimum atomic E-state index is -2.27. The van der Waals surface area contributed by atoms with Gasteiger partial charge in [-0.1, -0.05) is 91.2 Å². The number of carbonyl (C=O) groups is 8. The molecule has 0 bridgehead atoms. The molecule has 9 aromatic rings. The fraction of sp³-hybridized carbons (Fsp3) is 0.562. The van der Waals surface area contributed by atoms with Crippen molar-refractivity contribution in [2.24, 2.45) is 57.3 Å². The van der Waals surface area contributed by atoms with E-state index in [-0.39, 0.29) is 104 Å². The van der Waals surface area contributed by atoms with Crippen LogP contribution in [0, 0.1) is 55.7 Å². The van der Waals surface area contributed by atoms with E-state index in [1.165, 1.54) is 23.6 Å². The SMILES string of the molecule is CCC1(COC(=O)NCc2c(-c3nc(C)c(O[C@H]4CCC[C@H](C(=O)O)C4)cc3F)nnn2C)CC1.CCCCN(C)C(=O)NCc1c(-c2ccc(O[C@H]3CCC[C@H](C(=O)O)C3)c(CC)n2)nnn1C.Cc1nc(-c2nnn(C)c2CNC(=O)OCCC2CC2)ccc1O[C@H]1CCC[C@H](C(=O)O)C1.Cc1nc(-c2nnn(C)c2CNC(=O)OCc2ccccc2)ccc1OC1CCC[C@](F)(C(=O)O)C1.